The van der Waals surface area contributed by atoms with Crippen LogP contribution in [-0.4, -0.2) is 93.8 Å². The number of hydrogen-bond donors (Lipinski definition) is 1. The van der Waals surface area contributed by atoms with Crippen molar-refractivity contribution in [3.05, 3.63) is 71.7 Å². The van der Waals surface area contributed by atoms with Crippen molar-refractivity contribution in [2.75, 3.05) is 33.3 Å². The second-order valence-electron chi connectivity index (χ2n) is 10.2. The molecule has 2 atom stereocenters. The quantitative estimate of drug-likeness (QED) is 0.392. The third kappa shape index (κ3) is 6.54. The Kier molecular flexibility index (Phi) is 9.64. The first-order chi connectivity index (χ1) is 18.0. The third-order valence-corrected chi connectivity index (χ3v) is 6.86. The van der Waals surface area contributed by atoms with Crippen molar-refractivity contribution < 1.29 is 45.0 Å². The number of piperazine rings is 1. The summed E-state index contributed by atoms with van der Waals surface area (Å²) in [5.74, 6) is -1.46. The van der Waals surface area contributed by atoms with E-state index in [1.165, 1.54) is 30.7 Å². The first-order valence-corrected chi connectivity index (χ1v) is 12.5. The van der Waals surface area contributed by atoms with Crippen LogP contribution in [0.25, 0.3) is 5.73 Å². The number of likely N-dealkylation sites (N-methyl/N-ethyl adjacent to an activating group) is 1. The van der Waals surface area contributed by atoms with Crippen LogP contribution in [0.5, 0.6) is 0 Å². The Morgan fingerprint density at radius 3 is 2.46 bits per heavy atom. The molecule has 2 fully saturated rings. The summed E-state index contributed by atoms with van der Waals surface area (Å²) in [7, 11) is 1.44. The Bertz CT molecular complexity index is 1190. The van der Waals surface area contributed by atoms with E-state index in [1.54, 1.807) is 24.4 Å². The van der Waals surface area contributed by atoms with Gasteiger partial charge in [0.15, 0.2) is 0 Å². The third-order valence-electron chi connectivity index (χ3n) is 6.86. The fraction of sp³-hybridized carbons (Fsp3) is 0.444. The van der Waals surface area contributed by atoms with E-state index in [0.717, 1.165) is 10.5 Å². The zero-order valence-corrected chi connectivity index (χ0v) is 24.4. The van der Waals surface area contributed by atoms with Gasteiger partial charge in [-0.05, 0) is 17.7 Å². The fourth-order valence-electron chi connectivity index (χ4n) is 4.78. The van der Waals surface area contributed by atoms with Crippen molar-refractivity contribution in [1.82, 2.24) is 25.0 Å². The number of nitrogens with zero attached hydrogens (tertiary/aromatic N) is 4. The van der Waals surface area contributed by atoms with Gasteiger partial charge in [-0.2, -0.15) is 0 Å². The zero-order chi connectivity index (χ0) is 27.5. The average Bonchev–Trinajstić information content (AvgIpc) is 3.08. The average molecular weight is 717 g/mol. The monoisotopic (exact) mass is 716 g/mol. The van der Waals surface area contributed by atoms with E-state index in [1.807, 2.05) is 30.3 Å². The number of carbonyl (C=O) groups excluding carboxylic acids is 4. The molecule has 3 heterocycles. The second kappa shape index (κ2) is 12.4. The van der Waals surface area contributed by atoms with Gasteiger partial charge in [-0.15, -0.1) is 0 Å². The predicted molar refractivity (Wildman–Crippen MR) is 139 cm³/mol. The van der Waals surface area contributed by atoms with Crippen LogP contribution >= 0.6 is 0 Å². The van der Waals surface area contributed by atoms with E-state index >= 15 is 0 Å². The van der Waals surface area contributed by atoms with Crippen LogP contribution in [0.4, 0.5) is 4.79 Å². The number of aromatic nitrogens is 1. The summed E-state index contributed by atoms with van der Waals surface area (Å²) in [5, 5.41) is 2.66. The van der Waals surface area contributed by atoms with Crippen molar-refractivity contribution in [1.29, 1.82) is 0 Å². The molecule has 0 unspecified atom stereocenters. The first-order valence-electron chi connectivity index (χ1n) is 12.5. The van der Waals surface area contributed by atoms with Crippen molar-refractivity contribution >= 4 is 23.8 Å². The topological polar surface area (TPSA) is 136 Å². The maximum absolute atomic E-state index is 13.8. The summed E-state index contributed by atoms with van der Waals surface area (Å²) in [6.07, 6.45) is 1.76. The van der Waals surface area contributed by atoms with Crippen LogP contribution in [-0.2, 0) is 53.2 Å². The number of urea groups is 1. The summed E-state index contributed by atoms with van der Waals surface area (Å²) < 4.78 is 5.80. The Balaban J connectivity index is 0.00000420. The largest absolute Gasteiger partial charge is 0.664 e. The number of rotatable bonds is 9. The molecule has 0 saturated carbocycles. The first kappa shape index (κ1) is 30.4. The molecule has 5 amide bonds. The Morgan fingerprint density at radius 1 is 1.13 bits per heavy atom. The molecule has 1 aromatic heterocycles. The molecule has 2 aromatic rings. The van der Waals surface area contributed by atoms with E-state index < -0.39 is 40.9 Å². The van der Waals surface area contributed by atoms with Crippen LogP contribution in [0.1, 0.15) is 25.1 Å². The van der Waals surface area contributed by atoms with E-state index in [0.29, 0.717) is 5.69 Å². The van der Waals surface area contributed by atoms with Gasteiger partial charge in [0, 0.05) is 59.5 Å². The number of fused-ring (bicyclic) bond motifs is 1. The molecule has 212 valence electrons. The summed E-state index contributed by atoms with van der Waals surface area (Å²) >= 11 is 0. The minimum absolute atomic E-state index is 0. The minimum atomic E-state index is -1.46. The number of nitrogens with one attached hydrogen (secondary N) is 2. The molecule has 2 saturated heterocycles. The number of pyridine rings is 1. The van der Waals surface area contributed by atoms with E-state index in [4.69, 9.17) is 10.5 Å². The van der Waals surface area contributed by atoms with E-state index in [2.05, 4.69) is 10.3 Å². The molecule has 0 aliphatic carbocycles. The predicted octanol–water partition coefficient (Wildman–Crippen LogP) is 1.63. The summed E-state index contributed by atoms with van der Waals surface area (Å²) in [6, 6.07) is 13.3. The van der Waals surface area contributed by atoms with Crippen LogP contribution < -0.4 is 5.32 Å². The van der Waals surface area contributed by atoms with Gasteiger partial charge in [0.1, 0.15) is 11.6 Å². The van der Waals surface area contributed by atoms with Gasteiger partial charge in [-0.1, -0.05) is 55.8 Å². The van der Waals surface area contributed by atoms with Crippen molar-refractivity contribution in [3.63, 3.8) is 0 Å². The van der Waals surface area contributed by atoms with E-state index in [9.17, 15) is 19.2 Å². The molecule has 2 aliphatic heterocycles. The number of amides is 5. The van der Waals surface area contributed by atoms with Gasteiger partial charge in [0.2, 0.25) is 11.8 Å². The number of imide groups is 1. The molecule has 12 heteroatoms. The SMILES string of the molecule is CN1C(=O)N2CCN(C(=O)[C@@H](COCc3ccccc3)NC(=O)C(C)(C)[NH-])C[C@@]2(Cc2ccccn2)C1=O.[Pt]. The maximum Gasteiger partial charge on any atom is 0.327 e. The molecule has 39 heavy (non-hydrogen) atoms. The van der Waals surface area contributed by atoms with Gasteiger partial charge in [0.25, 0.3) is 5.91 Å². The summed E-state index contributed by atoms with van der Waals surface area (Å²) in [5.41, 5.74) is 6.83. The molecular weight excluding hydrogens is 683 g/mol. The van der Waals surface area contributed by atoms with Crippen LogP contribution in [0.2, 0.25) is 0 Å². The van der Waals surface area contributed by atoms with Crippen LogP contribution in [0, 0.1) is 0 Å². The molecule has 2 aliphatic rings. The number of benzene rings is 1. The van der Waals surface area contributed by atoms with Crippen LogP contribution in [0.3, 0.4) is 0 Å². The molecule has 4 rings (SSSR count). The smallest absolute Gasteiger partial charge is 0.327 e. The van der Waals surface area contributed by atoms with Gasteiger partial charge < -0.3 is 25.6 Å². The Hall–Kier alpha value is -3.14. The molecular formula is C27H33N6O5Pt-. The minimum Gasteiger partial charge on any atom is -0.664 e. The zero-order valence-electron chi connectivity index (χ0n) is 22.2. The van der Waals surface area contributed by atoms with Crippen molar-refractivity contribution in [2.45, 2.75) is 44.0 Å². The molecule has 0 bridgehead atoms. The Labute approximate surface area is 242 Å². The summed E-state index contributed by atoms with van der Waals surface area (Å²) in [6.45, 7) is 3.29. The van der Waals surface area contributed by atoms with Gasteiger partial charge >= 0.3 is 6.03 Å². The van der Waals surface area contributed by atoms with Gasteiger partial charge in [0.05, 0.1) is 19.8 Å². The molecule has 0 spiro atoms. The molecule has 0 radical (unpaired) electrons. The van der Waals surface area contributed by atoms with Gasteiger partial charge in [-0.3, -0.25) is 24.3 Å². The fourth-order valence-corrected chi connectivity index (χ4v) is 4.78. The number of hydrogen-bond acceptors (Lipinski definition) is 6. The molecule has 11 nitrogen and oxygen atoms in total. The molecule has 1 aromatic carbocycles. The van der Waals surface area contributed by atoms with Crippen molar-refractivity contribution in [2.24, 2.45) is 0 Å². The molecule has 2 N–H and O–H groups in total. The summed E-state index contributed by atoms with van der Waals surface area (Å²) in [4.78, 5) is 61.2. The van der Waals surface area contributed by atoms with E-state index in [-0.39, 0.29) is 60.3 Å². The van der Waals surface area contributed by atoms with Crippen molar-refractivity contribution in [3.8, 4) is 0 Å². The van der Waals surface area contributed by atoms with Crippen LogP contribution in [0.15, 0.2) is 54.7 Å². The maximum atomic E-state index is 13.8. The normalized spacial score (nSPS) is 19.8. The van der Waals surface area contributed by atoms with Gasteiger partial charge in [-0.25, -0.2) is 4.79 Å². The second-order valence-corrected chi connectivity index (χ2v) is 10.2. The number of carbonyl (C=O) groups is 4. The number of ether oxygens (including phenoxy) is 1. The standard InChI is InChI=1S/C27H33N6O5.Pt/c1-26(2,28)23(35)30-21(17-38-16-19-9-5-4-6-10-19)22(34)32-13-14-33-25(37)31(3)24(36)27(33,18-32)15-20-11-7-8-12-29-20;/h4-12,21,28H,13-18H2,1-3H3,(H,30,35);/q-1;/t21-,27+;/m1./s1. The Morgan fingerprint density at radius 2 is 1.82 bits per heavy atom.